The Morgan fingerprint density at radius 2 is 1.78 bits per heavy atom. The maximum Gasteiger partial charge on any atom is 0.306 e. The molecule has 3 heteroatoms. The molecule has 4 unspecified atom stereocenters. The second kappa shape index (κ2) is 14.2. The minimum atomic E-state index is -0.143. The van der Waals surface area contributed by atoms with E-state index < -0.39 is 0 Å². The van der Waals surface area contributed by atoms with E-state index in [1.54, 1.807) is 0 Å². The predicted octanol–water partition coefficient (Wildman–Crippen LogP) is 6.44. The molecule has 1 saturated carbocycles. The number of allylic oxidation sites excluding steroid dienone is 2. The molecule has 0 aromatic rings. The van der Waals surface area contributed by atoms with Crippen molar-refractivity contribution in [3.8, 4) is 0 Å². The number of esters is 1. The summed E-state index contributed by atoms with van der Waals surface area (Å²) in [6.07, 6.45) is 17.7. The molecule has 0 aliphatic heterocycles. The molecule has 0 bridgehead atoms. The smallest absolute Gasteiger partial charge is 0.306 e. The third-order valence-corrected chi connectivity index (χ3v) is 5.97. The molecule has 0 radical (unpaired) electrons. The Bertz CT molecular complexity index is 416. The van der Waals surface area contributed by atoms with E-state index in [-0.39, 0.29) is 18.2 Å². The van der Waals surface area contributed by atoms with Crippen molar-refractivity contribution < 1.29 is 14.6 Å². The van der Waals surface area contributed by atoms with E-state index in [4.69, 9.17) is 4.74 Å². The first kappa shape index (κ1) is 24.2. The number of carbonyl (C=O) groups is 1. The number of hydrogen-bond donors (Lipinski definition) is 1. The molecule has 1 rings (SSSR count). The monoisotopic (exact) mass is 380 g/mol. The molecule has 1 fully saturated rings. The number of unbranched alkanes of at least 4 members (excludes halogenated alkanes) is 6. The van der Waals surface area contributed by atoms with Gasteiger partial charge in [0.25, 0.3) is 0 Å². The van der Waals surface area contributed by atoms with Crippen molar-refractivity contribution in [2.24, 2.45) is 17.8 Å². The molecule has 0 aromatic carbocycles. The summed E-state index contributed by atoms with van der Waals surface area (Å²) in [6.45, 7) is 8.34. The molecule has 1 N–H and O–H groups in total. The highest BCUT2D eigenvalue weighted by Gasteiger charge is 2.38. The summed E-state index contributed by atoms with van der Waals surface area (Å²) < 4.78 is 5.15. The van der Waals surface area contributed by atoms with Crippen LogP contribution >= 0.6 is 0 Å². The van der Waals surface area contributed by atoms with Crippen molar-refractivity contribution in [3.63, 3.8) is 0 Å². The van der Waals surface area contributed by atoms with E-state index in [2.05, 4.69) is 26.0 Å². The van der Waals surface area contributed by atoms with Crippen LogP contribution in [0.4, 0.5) is 0 Å². The quantitative estimate of drug-likeness (QED) is 0.214. The zero-order chi connectivity index (χ0) is 20.1. The van der Waals surface area contributed by atoms with Crippen molar-refractivity contribution in [3.05, 3.63) is 12.2 Å². The molecule has 3 nitrogen and oxygen atoms in total. The zero-order valence-corrected chi connectivity index (χ0v) is 18.3. The lowest BCUT2D eigenvalue weighted by molar-refractivity contribution is -0.147. The number of hydrogen-bond acceptors (Lipinski definition) is 3. The molecule has 0 spiro atoms. The van der Waals surface area contributed by atoms with Gasteiger partial charge in [0.15, 0.2) is 0 Å². The highest BCUT2D eigenvalue weighted by atomic mass is 16.5. The predicted molar refractivity (Wildman–Crippen MR) is 114 cm³/mol. The standard InChI is InChI=1S/C24H44O3/c1-5-6-7-8-9-12-15-21-20(4)18-23(25)22(21)16-13-10-11-14-17-24(26)27-19(2)3/h10,13,19-23,25H,5-9,11-12,14-18H2,1-4H3. The number of aliphatic hydroxyl groups is 1. The van der Waals surface area contributed by atoms with Gasteiger partial charge in [0, 0.05) is 6.42 Å². The van der Waals surface area contributed by atoms with Crippen LogP contribution in [0.15, 0.2) is 12.2 Å². The first-order valence-corrected chi connectivity index (χ1v) is 11.5. The summed E-state index contributed by atoms with van der Waals surface area (Å²) in [6, 6.07) is 0. The van der Waals surface area contributed by atoms with Crippen molar-refractivity contribution in [1.82, 2.24) is 0 Å². The minimum absolute atomic E-state index is 0.0255. The van der Waals surface area contributed by atoms with Crippen LogP contribution in [-0.4, -0.2) is 23.3 Å². The number of aliphatic hydroxyl groups excluding tert-OH is 1. The second-order valence-electron chi connectivity index (χ2n) is 8.80. The Hall–Kier alpha value is -0.830. The summed E-state index contributed by atoms with van der Waals surface area (Å²) in [7, 11) is 0. The lowest BCUT2D eigenvalue weighted by Crippen LogP contribution is -2.19. The fourth-order valence-electron chi connectivity index (χ4n) is 4.49. The Balaban J connectivity index is 2.26. The number of carbonyl (C=O) groups excluding carboxylic acids is 1. The van der Waals surface area contributed by atoms with Gasteiger partial charge in [-0.15, -0.1) is 0 Å². The van der Waals surface area contributed by atoms with Gasteiger partial charge < -0.3 is 9.84 Å². The van der Waals surface area contributed by atoms with Crippen molar-refractivity contribution in [1.29, 1.82) is 0 Å². The molecule has 0 aromatic heterocycles. The molecular formula is C24H44O3. The van der Waals surface area contributed by atoms with Crippen LogP contribution in [0.1, 0.15) is 105 Å². The summed E-state index contributed by atoms with van der Waals surface area (Å²) >= 11 is 0. The van der Waals surface area contributed by atoms with E-state index in [9.17, 15) is 9.90 Å². The summed E-state index contributed by atoms with van der Waals surface area (Å²) in [5.74, 6) is 1.62. The number of ether oxygens (including phenoxy) is 1. The number of rotatable bonds is 14. The Morgan fingerprint density at radius 3 is 2.48 bits per heavy atom. The fourth-order valence-corrected chi connectivity index (χ4v) is 4.49. The Morgan fingerprint density at radius 1 is 1.07 bits per heavy atom. The maximum atomic E-state index is 11.5. The average Bonchev–Trinajstić information content (AvgIpc) is 2.86. The summed E-state index contributed by atoms with van der Waals surface area (Å²) in [5.41, 5.74) is 0. The average molecular weight is 381 g/mol. The molecule has 0 heterocycles. The van der Waals surface area contributed by atoms with E-state index in [0.29, 0.717) is 24.2 Å². The van der Waals surface area contributed by atoms with Crippen molar-refractivity contribution in [2.45, 2.75) is 117 Å². The lowest BCUT2D eigenvalue weighted by atomic mass is 9.83. The third kappa shape index (κ3) is 10.3. The fraction of sp³-hybridized carbons (Fsp3) is 0.875. The van der Waals surface area contributed by atoms with Crippen LogP contribution in [0, 0.1) is 17.8 Å². The SMILES string of the molecule is CCCCCCCCC1C(C)CC(O)C1CC=CCCCC(=O)OC(C)C. The molecule has 4 atom stereocenters. The van der Waals surface area contributed by atoms with E-state index in [0.717, 1.165) is 25.7 Å². The molecule has 1 aliphatic rings. The van der Waals surface area contributed by atoms with Crippen molar-refractivity contribution in [2.75, 3.05) is 0 Å². The van der Waals surface area contributed by atoms with Gasteiger partial charge in [-0.3, -0.25) is 4.79 Å². The zero-order valence-electron chi connectivity index (χ0n) is 18.3. The first-order valence-electron chi connectivity index (χ1n) is 11.5. The van der Waals surface area contributed by atoms with E-state index in [1.807, 2.05) is 13.8 Å². The van der Waals surface area contributed by atoms with Crippen LogP contribution in [0.25, 0.3) is 0 Å². The van der Waals surface area contributed by atoms with Gasteiger partial charge in [0.2, 0.25) is 0 Å². The van der Waals surface area contributed by atoms with Gasteiger partial charge in [-0.2, -0.15) is 0 Å². The summed E-state index contributed by atoms with van der Waals surface area (Å²) in [4.78, 5) is 11.5. The lowest BCUT2D eigenvalue weighted by Gasteiger charge is -2.23. The third-order valence-electron chi connectivity index (χ3n) is 5.97. The molecule has 158 valence electrons. The normalized spacial score (nSPS) is 25.6. The van der Waals surface area contributed by atoms with Crippen LogP contribution in [0.3, 0.4) is 0 Å². The molecular weight excluding hydrogens is 336 g/mol. The molecule has 0 saturated heterocycles. The van der Waals surface area contributed by atoms with Crippen LogP contribution in [0.5, 0.6) is 0 Å². The maximum absolute atomic E-state index is 11.5. The van der Waals surface area contributed by atoms with Gasteiger partial charge in [-0.25, -0.2) is 0 Å². The summed E-state index contributed by atoms with van der Waals surface area (Å²) in [5, 5.41) is 10.5. The first-order chi connectivity index (χ1) is 13.0. The van der Waals surface area contributed by atoms with Crippen LogP contribution in [-0.2, 0) is 9.53 Å². The van der Waals surface area contributed by atoms with Gasteiger partial charge in [-0.1, -0.05) is 64.5 Å². The highest BCUT2D eigenvalue weighted by Crippen LogP contribution is 2.42. The van der Waals surface area contributed by atoms with Gasteiger partial charge in [0.05, 0.1) is 12.2 Å². The van der Waals surface area contributed by atoms with Crippen molar-refractivity contribution >= 4 is 5.97 Å². The Kier molecular flexibility index (Phi) is 12.7. The van der Waals surface area contributed by atoms with Gasteiger partial charge in [0.1, 0.15) is 0 Å². The topological polar surface area (TPSA) is 46.5 Å². The molecule has 1 aliphatic carbocycles. The Labute approximate surface area is 168 Å². The van der Waals surface area contributed by atoms with E-state index in [1.165, 1.54) is 44.9 Å². The largest absolute Gasteiger partial charge is 0.463 e. The van der Waals surface area contributed by atoms with Crippen LogP contribution < -0.4 is 0 Å². The highest BCUT2D eigenvalue weighted by molar-refractivity contribution is 5.69. The van der Waals surface area contributed by atoms with Gasteiger partial charge >= 0.3 is 5.97 Å². The molecule has 0 amide bonds. The van der Waals surface area contributed by atoms with Crippen LogP contribution in [0.2, 0.25) is 0 Å². The molecule has 27 heavy (non-hydrogen) atoms. The van der Waals surface area contributed by atoms with Gasteiger partial charge in [-0.05, 0) is 63.7 Å². The van der Waals surface area contributed by atoms with E-state index >= 15 is 0 Å². The minimum Gasteiger partial charge on any atom is -0.463 e. The second-order valence-corrected chi connectivity index (χ2v) is 8.80.